The smallest absolute Gasteiger partial charge is 0.300 e. The zero-order chi connectivity index (χ0) is 20.1. The summed E-state index contributed by atoms with van der Waals surface area (Å²) in [6, 6.07) is 16.3. The van der Waals surface area contributed by atoms with E-state index < -0.39 is 0 Å². The summed E-state index contributed by atoms with van der Waals surface area (Å²) in [6.45, 7) is 1.84. The molecular weight excluding hydrogens is 380 g/mol. The van der Waals surface area contributed by atoms with Crippen molar-refractivity contribution in [1.29, 1.82) is 0 Å². The number of rotatable bonds is 3. The lowest BCUT2D eigenvalue weighted by molar-refractivity contribution is -0.115. The van der Waals surface area contributed by atoms with Crippen molar-refractivity contribution in [3.63, 3.8) is 0 Å². The van der Waals surface area contributed by atoms with Crippen LogP contribution in [0.1, 0.15) is 11.5 Å². The number of H-pyrrole nitrogens is 1. The number of fused-ring (bicyclic) bond motifs is 2. The lowest BCUT2D eigenvalue weighted by atomic mass is 9.74. The highest BCUT2D eigenvalue weighted by atomic mass is 16.5. The minimum Gasteiger partial charge on any atom is -0.426 e. The molecule has 152 valence electrons. The number of Topliss-reactive ketones (excluding diaryl/α,β-unsaturated/α-hetero) is 1. The van der Waals surface area contributed by atoms with Crippen molar-refractivity contribution < 1.29 is 9.53 Å². The number of benzene rings is 2. The zero-order valence-electron chi connectivity index (χ0n) is 16.2. The number of imidazole rings is 1. The van der Waals surface area contributed by atoms with Crippen LogP contribution in [0.25, 0.3) is 11.0 Å². The molecule has 3 aliphatic rings. The molecule has 30 heavy (non-hydrogen) atoms. The summed E-state index contributed by atoms with van der Waals surface area (Å²) in [5.41, 5.74) is 11.3. The highest BCUT2D eigenvalue weighted by Gasteiger charge is 2.44. The average Bonchev–Trinajstić information content (AvgIpc) is 3.38. The molecule has 6 rings (SSSR count). The van der Waals surface area contributed by atoms with Gasteiger partial charge in [-0.1, -0.05) is 24.3 Å². The van der Waals surface area contributed by atoms with Crippen LogP contribution in [0.4, 0.5) is 0 Å². The lowest BCUT2D eigenvalue weighted by Crippen LogP contribution is -2.53. The van der Waals surface area contributed by atoms with E-state index in [2.05, 4.69) is 37.5 Å². The van der Waals surface area contributed by atoms with Gasteiger partial charge in [0.1, 0.15) is 5.75 Å². The number of carbonyl (C=O) groups is 1. The number of hydrazine groups is 1. The van der Waals surface area contributed by atoms with Crippen LogP contribution in [0, 0.1) is 5.92 Å². The Kier molecular flexibility index (Phi) is 4.08. The van der Waals surface area contributed by atoms with E-state index >= 15 is 0 Å². The van der Waals surface area contributed by atoms with Gasteiger partial charge in [-0.25, -0.2) is 5.43 Å². The monoisotopic (exact) mass is 402 g/mol. The molecule has 4 heterocycles. The van der Waals surface area contributed by atoms with Gasteiger partial charge in [0.25, 0.3) is 6.01 Å². The van der Waals surface area contributed by atoms with Crippen LogP contribution in [0.2, 0.25) is 0 Å². The maximum Gasteiger partial charge on any atom is 0.300 e. The number of hydrogen-bond acceptors (Lipinski definition) is 7. The number of nitrogens with zero attached hydrogens (tertiary/aromatic N) is 1. The number of para-hydroxylation sites is 2. The molecule has 0 amide bonds. The van der Waals surface area contributed by atoms with E-state index in [1.54, 1.807) is 0 Å². The summed E-state index contributed by atoms with van der Waals surface area (Å²) in [4.78, 5) is 20.5. The predicted octanol–water partition coefficient (Wildman–Crippen LogP) is 1.52. The number of carbonyl (C=O) groups excluding carboxylic acids is 1. The van der Waals surface area contributed by atoms with Crippen LogP contribution in [0.15, 0.2) is 59.8 Å². The molecule has 8 heteroatoms. The second-order valence-electron chi connectivity index (χ2n) is 7.94. The van der Waals surface area contributed by atoms with E-state index in [0.717, 1.165) is 34.4 Å². The third-order valence-electron chi connectivity index (χ3n) is 6.10. The second kappa shape index (κ2) is 6.94. The van der Waals surface area contributed by atoms with Crippen LogP contribution >= 0.6 is 0 Å². The molecule has 3 aliphatic heterocycles. The third kappa shape index (κ3) is 2.88. The van der Waals surface area contributed by atoms with Gasteiger partial charge in [0.05, 0.1) is 23.7 Å². The highest BCUT2D eigenvalue weighted by Crippen LogP contribution is 2.41. The first-order chi connectivity index (χ1) is 14.8. The Bertz CT molecular complexity index is 1140. The molecule has 5 N–H and O–H groups in total. The molecule has 2 aromatic carbocycles. The van der Waals surface area contributed by atoms with Gasteiger partial charge in [0.15, 0.2) is 5.78 Å². The first-order valence-electron chi connectivity index (χ1n) is 10.2. The fourth-order valence-corrected chi connectivity index (χ4v) is 4.79. The molecule has 3 aromatic rings. The van der Waals surface area contributed by atoms with Crippen LogP contribution in [0.3, 0.4) is 0 Å². The second-order valence-corrected chi connectivity index (χ2v) is 7.94. The van der Waals surface area contributed by atoms with Crippen molar-refractivity contribution >= 4 is 16.8 Å². The highest BCUT2D eigenvalue weighted by molar-refractivity contribution is 6.00. The van der Waals surface area contributed by atoms with Gasteiger partial charge in [0, 0.05) is 36.2 Å². The SMILES string of the molecule is O=C1CNCC2=C1C(c1cccc(Oc3nc4ccccc4[nH]3)c1)C1CNNC1N2. The van der Waals surface area contributed by atoms with Crippen molar-refractivity contribution in [1.82, 2.24) is 31.5 Å². The van der Waals surface area contributed by atoms with E-state index in [1.807, 2.05) is 42.5 Å². The average molecular weight is 402 g/mol. The summed E-state index contributed by atoms with van der Waals surface area (Å²) in [5.74, 6) is 1.08. The molecule has 8 nitrogen and oxygen atoms in total. The number of nitrogens with one attached hydrogen (secondary N) is 5. The molecule has 0 bridgehead atoms. The first-order valence-corrected chi connectivity index (χ1v) is 10.2. The fourth-order valence-electron chi connectivity index (χ4n) is 4.79. The fraction of sp³-hybridized carbons (Fsp3) is 0.273. The van der Waals surface area contributed by atoms with Gasteiger partial charge in [-0.05, 0) is 29.8 Å². The molecule has 3 atom stereocenters. The Morgan fingerprint density at radius 2 is 2.00 bits per heavy atom. The van der Waals surface area contributed by atoms with Gasteiger partial charge in [-0.15, -0.1) is 0 Å². The number of aromatic amines is 1. The summed E-state index contributed by atoms with van der Waals surface area (Å²) in [6.07, 6.45) is 0.0846. The Morgan fingerprint density at radius 1 is 1.07 bits per heavy atom. The van der Waals surface area contributed by atoms with E-state index in [0.29, 0.717) is 24.8 Å². The Balaban J connectivity index is 1.37. The molecule has 0 radical (unpaired) electrons. The molecule has 0 saturated carbocycles. The summed E-state index contributed by atoms with van der Waals surface area (Å²) in [7, 11) is 0. The maximum atomic E-state index is 12.8. The molecule has 1 aromatic heterocycles. The summed E-state index contributed by atoms with van der Waals surface area (Å²) in [5, 5.41) is 6.68. The van der Waals surface area contributed by atoms with E-state index in [1.165, 1.54) is 0 Å². The van der Waals surface area contributed by atoms with Crippen LogP contribution in [-0.2, 0) is 4.79 Å². The van der Waals surface area contributed by atoms with Crippen LogP contribution in [-0.4, -0.2) is 41.6 Å². The van der Waals surface area contributed by atoms with Crippen molar-refractivity contribution in [2.75, 3.05) is 19.6 Å². The third-order valence-corrected chi connectivity index (χ3v) is 6.10. The van der Waals surface area contributed by atoms with Gasteiger partial charge >= 0.3 is 0 Å². The zero-order valence-corrected chi connectivity index (χ0v) is 16.2. The normalized spacial score (nSPS) is 25.7. The van der Waals surface area contributed by atoms with Gasteiger partial charge in [-0.2, -0.15) is 4.98 Å². The first kappa shape index (κ1) is 17.6. The Hall–Kier alpha value is -3.20. The molecule has 0 aliphatic carbocycles. The number of ketones is 1. The summed E-state index contributed by atoms with van der Waals surface area (Å²) < 4.78 is 6.04. The van der Waals surface area contributed by atoms with Gasteiger partial charge in [-0.3, -0.25) is 10.2 Å². The number of ether oxygens (including phenoxy) is 1. The van der Waals surface area contributed by atoms with Crippen molar-refractivity contribution in [2.45, 2.75) is 12.1 Å². The van der Waals surface area contributed by atoms with Crippen LogP contribution < -0.4 is 26.2 Å². The van der Waals surface area contributed by atoms with E-state index in [9.17, 15) is 4.79 Å². The Labute approximate surface area is 173 Å². The van der Waals surface area contributed by atoms with Crippen molar-refractivity contribution in [2.24, 2.45) is 5.92 Å². The number of aromatic nitrogens is 2. The molecule has 3 unspecified atom stereocenters. The Morgan fingerprint density at radius 3 is 2.93 bits per heavy atom. The predicted molar refractivity (Wildman–Crippen MR) is 112 cm³/mol. The molecular formula is C22H22N6O2. The van der Waals surface area contributed by atoms with Crippen LogP contribution in [0.5, 0.6) is 11.8 Å². The minimum absolute atomic E-state index is 0.00238. The number of hydrogen-bond donors (Lipinski definition) is 5. The largest absolute Gasteiger partial charge is 0.426 e. The van der Waals surface area contributed by atoms with E-state index in [-0.39, 0.29) is 23.8 Å². The lowest BCUT2D eigenvalue weighted by Gasteiger charge is -2.39. The molecule has 0 spiro atoms. The van der Waals surface area contributed by atoms with Gasteiger partial charge in [0.2, 0.25) is 0 Å². The van der Waals surface area contributed by atoms with Crippen molar-refractivity contribution in [3.05, 3.63) is 65.4 Å². The van der Waals surface area contributed by atoms with Crippen molar-refractivity contribution in [3.8, 4) is 11.8 Å². The maximum absolute atomic E-state index is 12.8. The standard InChI is InChI=1S/C22H22N6O2/c29-18-11-23-10-17-20(18)19(14-9-24-28-21(14)25-17)12-4-3-5-13(8-12)30-22-26-15-6-1-2-7-16(15)27-22/h1-8,14,19,21,23-25,28H,9-11H2,(H,26,27). The summed E-state index contributed by atoms with van der Waals surface area (Å²) >= 11 is 0. The minimum atomic E-state index is 0.00238. The molecule has 1 saturated heterocycles. The van der Waals surface area contributed by atoms with E-state index in [4.69, 9.17) is 4.74 Å². The van der Waals surface area contributed by atoms with Gasteiger partial charge < -0.3 is 20.4 Å². The molecule has 1 fully saturated rings. The topological polar surface area (TPSA) is 103 Å². The quantitative estimate of drug-likeness (QED) is 0.453.